The number of nitrogens with zero attached hydrogens (tertiary/aromatic N) is 1. The molecule has 0 heterocycles. The van der Waals surface area contributed by atoms with Crippen molar-refractivity contribution in [3.63, 3.8) is 0 Å². The fourth-order valence-corrected chi connectivity index (χ4v) is 5.67. The van der Waals surface area contributed by atoms with E-state index in [2.05, 4.69) is 17.6 Å². The first kappa shape index (κ1) is 30.3. The molecular formula is C30H47N3O4S. The molecule has 0 aliphatic heterocycles. The Labute approximate surface area is 233 Å². The van der Waals surface area contributed by atoms with Crippen molar-refractivity contribution in [1.29, 1.82) is 0 Å². The molecule has 0 saturated heterocycles. The van der Waals surface area contributed by atoms with Crippen molar-refractivity contribution in [2.24, 2.45) is 5.92 Å². The van der Waals surface area contributed by atoms with Crippen molar-refractivity contribution in [2.75, 3.05) is 12.0 Å². The first-order valence-corrected chi connectivity index (χ1v) is 15.5. The molecule has 1 aromatic rings. The first-order valence-electron chi connectivity index (χ1n) is 14.1. The first-order chi connectivity index (χ1) is 17.9. The van der Waals surface area contributed by atoms with Crippen molar-refractivity contribution in [3.05, 3.63) is 34.9 Å². The fraction of sp³-hybridized carbons (Fsp3) is 0.700. The van der Waals surface area contributed by atoms with Crippen LogP contribution in [0.25, 0.3) is 0 Å². The second-order valence-corrected chi connectivity index (χ2v) is 13.1. The number of thioether (sulfide) groups is 1. The number of carbonyl (C=O) groups excluding carboxylic acids is 3. The van der Waals surface area contributed by atoms with Crippen molar-refractivity contribution in [3.8, 4) is 0 Å². The molecule has 0 spiro atoms. The van der Waals surface area contributed by atoms with Gasteiger partial charge in [0.25, 0.3) is 0 Å². The van der Waals surface area contributed by atoms with Gasteiger partial charge in [0.1, 0.15) is 17.7 Å². The van der Waals surface area contributed by atoms with Crippen molar-refractivity contribution in [2.45, 2.75) is 116 Å². The van der Waals surface area contributed by atoms with Gasteiger partial charge in [0.15, 0.2) is 0 Å². The van der Waals surface area contributed by atoms with Crippen LogP contribution in [0.15, 0.2) is 18.2 Å². The standard InChI is InChI=1S/C30H47N3O4S/c1-19-13-14-22(17-20(19)2)26(27(34)31-23-11-9-8-10-12-23)33(25-18-21(25)3)28(35)24(15-16-38-7)32-29(36)37-30(4,5)6/h13-14,17,21,23-26H,8-12,15-16,18H2,1-7H3,(H,31,34)(H,32,36). The average molecular weight is 546 g/mol. The molecule has 0 radical (unpaired) electrons. The predicted molar refractivity (Wildman–Crippen MR) is 154 cm³/mol. The summed E-state index contributed by atoms with van der Waals surface area (Å²) < 4.78 is 5.49. The van der Waals surface area contributed by atoms with Crippen LogP contribution >= 0.6 is 11.8 Å². The van der Waals surface area contributed by atoms with Gasteiger partial charge in [-0.15, -0.1) is 0 Å². The number of amides is 3. The molecule has 2 saturated carbocycles. The Balaban J connectivity index is 1.97. The number of aryl methyl sites for hydroxylation is 2. The Morgan fingerprint density at radius 1 is 1.11 bits per heavy atom. The van der Waals surface area contributed by atoms with Crippen LogP contribution in [-0.4, -0.2) is 58.5 Å². The number of carbonyl (C=O) groups is 3. The molecule has 4 unspecified atom stereocenters. The minimum absolute atomic E-state index is 0.0524. The van der Waals surface area contributed by atoms with Crippen LogP contribution in [0.4, 0.5) is 4.79 Å². The lowest BCUT2D eigenvalue weighted by Crippen LogP contribution is -2.55. The quantitative estimate of drug-likeness (QED) is 0.395. The molecule has 7 nitrogen and oxygen atoms in total. The molecule has 3 amide bonds. The Hall–Kier alpha value is -2.22. The van der Waals surface area contributed by atoms with Crippen LogP contribution in [0.2, 0.25) is 0 Å². The fourth-order valence-electron chi connectivity index (χ4n) is 5.20. The summed E-state index contributed by atoms with van der Waals surface area (Å²) in [7, 11) is 0. The zero-order valence-electron chi connectivity index (χ0n) is 24.3. The van der Waals surface area contributed by atoms with E-state index in [1.165, 1.54) is 6.42 Å². The lowest BCUT2D eigenvalue weighted by Gasteiger charge is -2.36. The van der Waals surface area contributed by atoms with Crippen molar-refractivity contribution in [1.82, 2.24) is 15.5 Å². The highest BCUT2D eigenvalue weighted by molar-refractivity contribution is 7.98. The highest BCUT2D eigenvalue weighted by Crippen LogP contribution is 2.41. The van der Waals surface area contributed by atoms with Gasteiger partial charge in [-0.2, -0.15) is 11.8 Å². The van der Waals surface area contributed by atoms with E-state index in [0.717, 1.165) is 48.8 Å². The van der Waals surface area contributed by atoms with E-state index in [0.29, 0.717) is 18.1 Å². The summed E-state index contributed by atoms with van der Waals surface area (Å²) in [5.74, 6) is 0.635. The van der Waals surface area contributed by atoms with Gasteiger partial charge in [0.05, 0.1) is 0 Å². The summed E-state index contributed by atoms with van der Waals surface area (Å²) in [6, 6.07) is 4.58. The lowest BCUT2D eigenvalue weighted by atomic mass is 9.94. The maximum absolute atomic E-state index is 14.3. The summed E-state index contributed by atoms with van der Waals surface area (Å²) in [6.45, 7) is 11.6. The van der Waals surface area contributed by atoms with Gasteiger partial charge < -0.3 is 20.3 Å². The normalized spacial score (nSPS) is 21.2. The minimum atomic E-state index is -0.776. The second kappa shape index (κ2) is 13.2. The molecule has 212 valence electrons. The van der Waals surface area contributed by atoms with Crippen molar-refractivity contribution >= 4 is 29.7 Å². The molecule has 2 fully saturated rings. The highest BCUT2D eigenvalue weighted by Gasteiger charge is 2.48. The molecule has 1 aromatic carbocycles. The maximum atomic E-state index is 14.3. The van der Waals surface area contributed by atoms with Gasteiger partial charge in [-0.05, 0) is 94.9 Å². The lowest BCUT2D eigenvalue weighted by molar-refractivity contribution is -0.143. The number of hydrogen-bond acceptors (Lipinski definition) is 5. The number of rotatable bonds is 10. The van der Waals surface area contributed by atoms with Gasteiger partial charge in [0, 0.05) is 12.1 Å². The molecular weight excluding hydrogens is 498 g/mol. The van der Waals surface area contributed by atoms with Crippen LogP contribution in [0.3, 0.4) is 0 Å². The number of benzene rings is 1. The SMILES string of the molecule is CSCCC(NC(=O)OC(C)(C)C)C(=O)N(C(C(=O)NC1CCCCC1)c1ccc(C)c(C)c1)C1CC1C. The third-order valence-corrected chi connectivity index (χ3v) is 8.25. The van der Waals surface area contributed by atoms with Gasteiger partial charge >= 0.3 is 6.09 Å². The Morgan fingerprint density at radius 2 is 1.76 bits per heavy atom. The van der Waals surface area contributed by atoms with Gasteiger partial charge in [-0.25, -0.2) is 4.79 Å². The molecule has 3 rings (SSSR count). The van der Waals surface area contributed by atoms with Crippen LogP contribution in [0, 0.1) is 19.8 Å². The topological polar surface area (TPSA) is 87.7 Å². The summed E-state index contributed by atoms with van der Waals surface area (Å²) >= 11 is 1.62. The van der Waals surface area contributed by atoms with E-state index < -0.39 is 23.8 Å². The molecule has 2 aliphatic carbocycles. The van der Waals surface area contributed by atoms with E-state index in [-0.39, 0.29) is 23.9 Å². The molecule has 38 heavy (non-hydrogen) atoms. The van der Waals surface area contributed by atoms with E-state index >= 15 is 0 Å². The third kappa shape index (κ3) is 8.39. The Bertz CT molecular complexity index is 986. The zero-order chi connectivity index (χ0) is 28.0. The highest BCUT2D eigenvalue weighted by atomic mass is 32.2. The van der Waals surface area contributed by atoms with Crippen LogP contribution in [0.1, 0.15) is 95.4 Å². The number of nitrogens with one attached hydrogen (secondary N) is 2. The molecule has 4 atom stereocenters. The van der Waals surface area contributed by atoms with E-state index in [9.17, 15) is 14.4 Å². The van der Waals surface area contributed by atoms with E-state index in [4.69, 9.17) is 4.74 Å². The molecule has 8 heteroatoms. The van der Waals surface area contributed by atoms with Gasteiger partial charge in [-0.1, -0.05) is 44.4 Å². The number of hydrogen-bond donors (Lipinski definition) is 2. The number of alkyl carbamates (subject to hydrolysis) is 1. The Morgan fingerprint density at radius 3 is 2.32 bits per heavy atom. The molecule has 0 bridgehead atoms. The Kier molecular flexibility index (Phi) is 10.6. The van der Waals surface area contributed by atoms with Crippen LogP contribution in [0.5, 0.6) is 0 Å². The minimum Gasteiger partial charge on any atom is -0.444 e. The van der Waals surface area contributed by atoms with Gasteiger partial charge in [-0.3, -0.25) is 9.59 Å². The molecule has 0 aromatic heterocycles. The van der Waals surface area contributed by atoms with Crippen LogP contribution in [-0.2, 0) is 14.3 Å². The number of ether oxygens (including phenoxy) is 1. The molecule has 2 aliphatic rings. The summed E-state index contributed by atoms with van der Waals surface area (Å²) in [4.78, 5) is 42.8. The largest absolute Gasteiger partial charge is 0.444 e. The zero-order valence-corrected chi connectivity index (χ0v) is 25.1. The monoisotopic (exact) mass is 545 g/mol. The second-order valence-electron chi connectivity index (χ2n) is 12.1. The van der Waals surface area contributed by atoms with Crippen molar-refractivity contribution < 1.29 is 19.1 Å². The summed E-state index contributed by atoms with van der Waals surface area (Å²) in [6.07, 6.45) is 8.01. The molecule has 2 N–H and O–H groups in total. The van der Waals surface area contributed by atoms with E-state index in [1.54, 1.807) is 37.4 Å². The smallest absolute Gasteiger partial charge is 0.408 e. The van der Waals surface area contributed by atoms with E-state index in [1.807, 2.05) is 38.3 Å². The maximum Gasteiger partial charge on any atom is 0.408 e. The van der Waals surface area contributed by atoms with Gasteiger partial charge in [0.2, 0.25) is 11.8 Å². The van der Waals surface area contributed by atoms with Crippen LogP contribution < -0.4 is 10.6 Å². The third-order valence-electron chi connectivity index (χ3n) is 7.60. The average Bonchev–Trinajstić information content (AvgIpc) is 3.56. The summed E-state index contributed by atoms with van der Waals surface area (Å²) in [5, 5.41) is 6.13. The summed E-state index contributed by atoms with van der Waals surface area (Å²) in [5.41, 5.74) is 2.36. The predicted octanol–water partition coefficient (Wildman–Crippen LogP) is 5.68.